The molecule has 4 heteroatoms. The number of carbonyl (C=O) groups excluding carboxylic acids is 1. The summed E-state index contributed by atoms with van der Waals surface area (Å²) in [6.45, 7) is 4.98. The molecule has 2 fully saturated rings. The van der Waals surface area contributed by atoms with Crippen LogP contribution in [0.4, 0.5) is 5.69 Å². The van der Waals surface area contributed by atoms with Gasteiger partial charge in [-0.3, -0.25) is 4.79 Å². The summed E-state index contributed by atoms with van der Waals surface area (Å²) in [5, 5.41) is 6.57. The van der Waals surface area contributed by atoms with Crippen LogP contribution in [0.25, 0.3) is 0 Å². The Kier molecular flexibility index (Phi) is 5.11. The van der Waals surface area contributed by atoms with E-state index in [1.165, 1.54) is 18.4 Å². The minimum Gasteiger partial charge on any atom is -0.381 e. The fourth-order valence-electron chi connectivity index (χ4n) is 2.87. The molecule has 1 aliphatic carbocycles. The minimum atomic E-state index is 0.163. The Hall–Kier alpha value is -1.39. The van der Waals surface area contributed by atoms with Gasteiger partial charge in [-0.25, -0.2) is 0 Å². The van der Waals surface area contributed by atoms with E-state index >= 15 is 0 Å². The summed E-state index contributed by atoms with van der Waals surface area (Å²) >= 11 is 0. The zero-order valence-corrected chi connectivity index (χ0v) is 13.3. The molecule has 120 valence electrons. The molecular weight excluding hydrogens is 276 g/mol. The predicted octanol–water partition coefficient (Wildman–Crippen LogP) is 3.11. The summed E-state index contributed by atoms with van der Waals surface area (Å²) in [5.41, 5.74) is 2.15. The fourth-order valence-corrected chi connectivity index (χ4v) is 2.87. The molecule has 1 saturated carbocycles. The van der Waals surface area contributed by atoms with Crippen molar-refractivity contribution in [1.29, 1.82) is 0 Å². The summed E-state index contributed by atoms with van der Waals surface area (Å²) < 4.78 is 5.52. The monoisotopic (exact) mass is 302 g/mol. The van der Waals surface area contributed by atoms with E-state index in [4.69, 9.17) is 4.74 Å². The Morgan fingerprint density at radius 2 is 2.05 bits per heavy atom. The average molecular weight is 302 g/mol. The standard InChI is InChI=1S/C18H26N2O2/c1-13(19-11-14-3-2-10-22-12-14)15-6-8-17(9-7-15)20-18(21)16-4-5-16/h6-9,13-14,16,19H,2-5,10-12H2,1H3,(H,20,21). The van der Waals surface area contributed by atoms with E-state index in [9.17, 15) is 4.79 Å². The van der Waals surface area contributed by atoms with Gasteiger partial charge in [-0.2, -0.15) is 0 Å². The lowest BCUT2D eigenvalue weighted by atomic mass is 10.0. The largest absolute Gasteiger partial charge is 0.381 e. The van der Waals surface area contributed by atoms with Gasteiger partial charge in [-0.05, 0) is 56.2 Å². The predicted molar refractivity (Wildman–Crippen MR) is 87.8 cm³/mol. The molecular formula is C18H26N2O2. The highest BCUT2D eigenvalue weighted by Gasteiger charge is 2.29. The second-order valence-electron chi connectivity index (χ2n) is 6.60. The third-order valence-corrected chi connectivity index (χ3v) is 4.59. The molecule has 1 aromatic carbocycles. The lowest BCUT2D eigenvalue weighted by Gasteiger charge is -2.24. The zero-order chi connectivity index (χ0) is 15.4. The molecule has 0 aromatic heterocycles. The van der Waals surface area contributed by atoms with E-state index in [0.717, 1.165) is 38.3 Å². The number of ether oxygens (including phenoxy) is 1. The van der Waals surface area contributed by atoms with Gasteiger partial charge in [-0.15, -0.1) is 0 Å². The van der Waals surface area contributed by atoms with Gasteiger partial charge in [0.05, 0.1) is 6.61 Å². The van der Waals surface area contributed by atoms with Gasteiger partial charge in [-0.1, -0.05) is 12.1 Å². The lowest BCUT2D eigenvalue weighted by molar-refractivity contribution is -0.117. The molecule has 0 spiro atoms. The van der Waals surface area contributed by atoms with Crippen LogP contribution in [0.1, 0.15) is 44.2 Å². The first-order valence-electron chi connectivity index (χ1n) is 8.44. The molecule has 1 heterocycles. The maximum Gasteiger partial charge on any atom is 0.227 e. The van der Waals surface area contributed by atoms with Crippen LogP contribution in [0, 0.1) is 11.8 Å². The van der Waals surface area contributed by atoms with Gasteiger partial charge in [0, 0.05) is 30.8 Å². The number of anilines is 1. The van der Waals surface area contributed by atoms with E-state index in [1.807, 2.05) is 12.1 Å². The first-order chi connectivity index (χ1) is 10.7. The third kappa shape index (κ3) is 4.31. The molecule has 2 aliphatic rings. The molecule has 2 unspecified atom stereocenters. The quantitative estimate of drug-likeness (QED) is 0.849. The van der Waals surface area contributed by atoms with Crippen LogP contribution in [0.3, 0.4) is 0 Å². The Bertz CT molecular complexity index is 490. The Morgan fingerprint density at radius 1 is 1.27 bits per heavy atom. The normalized spacial score (nSPS) is 23.0. The number of benzene rings is 1. The van der Waals surface area contributed by atoms with Crippen molar-refractivity contribution in [2.75, 3.05) is 25.1 Å². The lowest BCUT2D eigenvalue weighted by Crippen LogP contribution is -2.30. The van der Waals surface area contributed by atoms with Crippen molar-refractivity contribution in [3.63, 3.8) is 0 Å². The number of nitrogens with one attached hydrogen (secondary N) is 2. The van der Waals surface area contributed by atoms with Gasteiger partial charge in [0.2, 0.25) is 5.91 Å². The number of amides is 1. The van der Waals surface area contributed by atoms with E-state index in [1.54, 1.807) is 0 Å². The van der Waals surface area contributed by atoms with Gasteiger partial charge >= 0.3 is 0 Å². The molecule has 2 N–H and O–H groups in total. The van der Waals surface area contributed by atoms with Crippen molar-refractivity contribution in [3.05, 3.63) is 29.8 Å². The van der Waals surface area contributed by atoms with Crippen molar-refractivity contribution < 1.29 is 9.53 Å². The van der Waals surface area contributed by atoms with Crippen LogP contribution < -0.4 is 10.6 Å². The molecule has 0 radical (unpaired) electrons. The van der Waals surface area contributed by atoms with Crippen LogP contribution in [-0.2, 0) is 9.53 Å². The topological polar surface area (TPSA) is 50.4 Å². The summed E-state index contributed by atoms with van der Waals surface area (Å²) in [7, 11) is 0. The van der Waals surface area contributed by atoms with Crippen LogP contribution in [0.5, 0.6) is 0 Å². The van der Waals surface area contributed by atoms with E-state index in [0.29, 0.717) is 12.0 Å². The Labute approximate surface area is 132 Å². The summed E-state index contributed by atoms with van der Waals surface area (Å²) in [5.74, 6) is 1.04. The van der Waals surface area contributed by atoms with Gasteiger partial charge in [0.1, 0.15) is 0 Å². The highest BCUT2D eigenvalue weighted by atomic mass is 16.5. The Morgan fingerprint density at radius 3 is 2.68 bits per heavy atom. The Balaban J connectivity index is 1.47. The van der Waals surface area contributed by atoms with E-state index in [-0.39, 0.29) is 11.8 Å². The summed E-state index contributed by atoms with van der Waals surface area (Å²) in [4.78, 5) is 11.7. The van der Waals surface area contributed by atoms with Crippen LogP contribution in [0.15, 0.2) is 24.3 Å². The number of hydrogen-bond donors (Lipinski definition) is 2. The van der Waals surface area contributed by atoms with Gasteiger partial charge < -0.3 is 15.4 Å². The second kappa shape index (κ2) is 7.25. The molecule has 22 heavy (non-hydrogen) atoms. The highest BCUT2D eigenvalue weighted by molar-refractivity contribution is 5.93. The molecule has 3 rings (SSSR count). The van der Waals surface area contributed by atoms with Crippen LogP contribution in [-0.4, -0.2) is 25.7 Å². The van der Waals surface area contributed by atoms with Crippen LogP contribution >= 0.6 is 0 Å². The van der Waals surface area contributed by atoms with Crippen molar-refractivity contribution >= 4 is 11.6 Å². The molecule has 4 nitrogen and oxygen atoms in total. The molecule has 1 aromatic rings. The van der Waals surface area contributed by atoms with Crippen LogP contribution in [0.2, 0.25) is 0 Å². The van der Waals surface area contributed by atoms with Gasteiger partial charge in [0.25, 0.3) is 0 Å². The molecule has 2 atom stereocenters. The van der Waals surface area contributed by atoms with Crippen molar-refractivity contribution in [3.8, 4) is 0 Å². The van der Waals surface area contributed by atoms with E-state index in [2.05, 4.69) is 29.7 Å². The number of hydrogen-bond acceptors (Lipinski definition) is 3. The van der Waals surface area contributed by atoms with E-state index < -0.39 is 0 Å². The first kappa shape index (κ1) is 15.5. The molecule has 0 bridgehead atoms. The molecule has 1 aliphatic heterocycles. The maximum absolute atomic E-state index is 11.7. The van der Waals surface area contributed by atoms with Crippen molar-refractivity contribution in [2.24, 2.45) is 11.8 Å². The summed E-state index contributed by atoms with van der Waals surface area (Å²) in [6, 6.07) is 8.50. The maximum atomic E-state index is 11.7. The molecule has 1 saturated heterocycles. The van der Waals surface area contributed by atoms with Gasteiger partial charge in [0.15, 0.2) is 0 Å². The zero-order valence-electron chi connectivity index (χ0n) is 13.3. The smallest absolute Gasteiger partial charge is 0.227 e. The third-order valence-electron chi connectivity index (χ3n) is 4.59. The van der Waals surface area contributed by atoms with Crippen molar-refractivity contribution in [2.45, 2.75) is 38.6 Å². The average Bonchev–Trinajstić information content (AvgIpc) is 3.39. The highest BCUT2D eigenvalue weighted by Crippen LogP contribution is 2.30. The molecule has 1 amide bonds. The van der Waals surface area contributed by atoms with Crippen molar-refractivity contribution in [1.82, 2.24) is 5.32 Å². The first-order valence-corrected chi connectivity index (χ1v) is 8.44. The summed E-state index contributed by atoms with van der Waals surface area (Å²) in [6.07, 6.45) is 4.51. The number of carbonyl (C=O) groups is 1. The second-order valence-corrected chi connectivity index (χ2v) is 6.60. The number of rotatable bonds is 6. The minimum absolute atomic E-state index is 0.163. The SMILES string of the molecule is CC(NCC1CCCOC1)c1ccc(NC(=O)C2CC2)cc1. The fraction of sp³-hybridized carbons (Fsp3) is 0.611.